The molecule has 1 aliphatic heterocycles. The van der Waals surface area contributed by atoms with Gasteiger partial charge >= 0.3 is 0 Å². The van der Waals surface area contributed by atoms with Gasteiger partial charge in [0, 0.05) is 0 Å². The van der Waals surface area contributed by atoms with Crippen molar-refractivity contribution in [2.24, 2.45) is 0 Å². The van der Waals surface area contributed by atoms with Gasteiger partial charge < -0.3 is 27.5 Å². The number of hydrogen-bond donors (Lipinski definition) is 1. The number of ether oxygens (including phenoxy) is 1. The Morgan fingerprint density at radius 3 is 1.57 bits per heavy atom. The van der Waals surface area contributed by atoms with Crippen molar-refractivity contribution in [2.45, 2.75) is 103 Å². The average molecular weight is 469 g/mol. The zero-order valence-corrected chi connectivity index (χ0v) is 24.1. The predicted molar refractivity (Wildman–Crippen MR) is 125 cm³/mol. The van der Waals surface area contributed by atoms with E-state index in [-0.39, 0.29) is 18.8 Å². The van der Waals surface area contributed by atoms with Gasteiger partial charge in [-0.15, -0.1) is 0 Å². The van der Waals surface area contributed by atoms with E-state index in [9.17, 15) is 5.11 Å². The van der Waals surface area contributed by atoms with E-state index in [1.165, 1.54) is 0 Å². The minimum absolute atomic E-state index is 0.0902. The quantitative estimate of drug-likeness (QED) is 0.484. The van der Waals surface area contributed by atoms with E-state index in [1.54, 1.807) is 0 Å². The topological polar surface area (TPSA) is 66.4 Å². The van der Waals surface area contributed by atoms with Crippen molar-refractivity contribution >= 4 is 33.3 Å². The van der Waals surface area contributed by atoms with Crippen LogP contribution < -0.4 is 0 Å². The van der Waals surface area contributed by atoms with Gasteiger partial charge in [-0.05, 0) is 78.6 Å². The molecule has 1 saturated heterocycles. The molecule has 0 unspecified atom stereocenters. The van der Waals surface area contributed by atoms with E-state index >= 15 is 0 Å². The molecule has 0 spiro atoms. The SMILES string of the molecule is C[Si](C)(C)OC[C@H]1O[C@](O)(CO[Si](C)(C)C)[C@H](O[Si](C)(C)C)[C@@H]1O[Si](C)(C)C. The van der Waals surface area contributed by atoms with Gasteiger partial charge in [0.1, 0.15) is 18.3 Å². The summed E-state index contributed by atoms with van der Waals surface area (Å²) in [7, 11) is -7.46. The Balaban J connectivity index is 3.21. The highest BCUT2D eigenvalue weighted by molar-refractivity contribution is 6.71. The van der Waals surface area contributed by atoms with Crippen LogP contribution in [0, 0.1) is 0 Å². The molecule has 0 aromatic heterocycles. The number of rotatable bonds is 10. The average Bonchev–Trinajstić information content (AvgIpc) is 2.64. The van der Waals surface area contributed by atoms with Crippen LogP contribution in [0.4, 0.5) is 0 Å². The lowest BCUT2D eigenvalue weighted by Crippen LogP contribution is -2.55. The van der Waals surface area contributed by atoms with Crippen LogP contribution in [-0.2, 0) is 22.4 Å². The highest BCUT2D eigenvalue weighted by Gasteiger charge is 2.58. The van der Waals surface area contributed by atoms with Crippen LogP contribution in [0.25, 0.3) is 0 Å². The van der Waals surface area contributed by atoms with Gasteiger partial charge in [0.15, 0.2) is 33.3 Å². The van der Waals surface area contributed by atoms with Crippen molar-refractivity contribution in [1.29, 1.82) is 0 Å². The largest absolute Gasteiger partial charge is 0.415 e. The van der Waals surface area contributed by atoms with Gasteiger partial charge in [0.05, 0.1) is 13.2 Å². The molecule has 0 amide bonds. The molecule has 1 heterocycles. The first-order valence-electron chi connectivity index (χ1n) is 10.2. The molecule has 28 heavy (non-hydrogen) atoms. The smallest absolute Gasteiger partial charge is 0.217 e. The Morgan fingerprint density at radius 1 is 0.714 bits per heavy atom. The fourth-order valence-electron chi connectivity index (χ4n) is 2.83. The van der Waals surface area contributed by atoms with Gasteiger partial charge in [-0.25, -0.2) is 0 Å². The predicted octanol–water partition coefficient (Wildman–Crippen LogP) is 4.22. The Kier molecular flexibility index (Phi) is 8.58. The third-order valence-corrected chi connectivity index (χ3v) is 7.81. The van der Waals surface area contributed by atoms with Crippen LogP contribution in [-0.4, -0.2) is 75.7 Å². The molecule has 0 aromatic rings. The van der Waals surface area contributed by atoms with E-state index < -0.39 is 45.2 Å². The summed E-state index contributed by atoms with van der Waals surface area (Å²) in [5.74, 6) is -1.53. The molecule has 0 saturated carbocycles. The zero-order chi connectivity index (χ0) is 22.2. The molecule has 10 heteroatoms. The third kappa shape index (κ3) is 9.62. The molecule has 0 aliphatic carbocycles. The van der Waals surface area contributed by atoms with Crippen LogP contribution in [0.1, 0.15) is 0 Å². The van der Waals surface area contributed by atoms with Crippen molar-refractivity contribution in [1.82, 2.24) is 0 Å². The second kappa shape index (κ2) is 9.01. The molecule has 0 aromatic carbocycles. The summed E-state index contributed by atoms with van der Waals surface area (Å²) in [6.45, 7) is 26.0. The minimum Gasteiger partial charge on any atom is -0.415 e. The molecule has 1 fully saturated rings. The van der Waals surface area contributed by atoms with Crippen LogP contribution in [0.5, 0.6) is 0 Å². The zero-order valence-electron chi connectivity index (χ0n) is 20.1. The van der Waals surface area contributed by atoms with Crippen molar-refractivity contribution in [3.63, 3.8) is 0 Å². The first-order chi connectivity index (χ1) is 12.2. The molecular formula is C18H44O6Si4. The third-order valence-electron chi connectivity index (χ3n) is 3.83. The van der Waals surface area contributed by atoms with Crippen molar-refractivity contribution in [3.05, 3.63) is 0 Å². The Hall–Kier alpha value is 0.628. The minimum atomic E-state index is -1.97. The van der Waals surface area contributed by atoms with E-state index in [0.717, 1.165) is 0 Å². The van der Waals surface area contributed by atoms with Crippen LogP contribution in [0.3, 0.4) is 0 Å². The lowest BCUT2D eigenvalue weighted by Gasteiger charge is -2.37. The highest BCUT2D eigenvalue weighted by Crippen LogP contribution is 2.38. The maximum Gasteiger partial charge on any atom is 0.217 e. The maximum absolute atomic E-state index is 11.5. The summed E-state index contributed by atoms with van der Waals surface area (Å²) >= 11 is 0. The molecule has 168 valence electrons. The first kappa shape index (κ1) is 26.7. The van der Waals surface area contributed by atoms with Gasteiger partial charge in [0.2, 0.25) is 5.79 Å². The summed E-state index contributed by atoms with van der Waals surface area (Å²) in [5.41, 5.74) is 0. The second-order valence-electron chi connectivity index (χ2n) is 11.7. The number of hydrogen-bond acceptors (Lipinski definition) is 6. The van der Waals surface area contributed by atoms with E-state index in [0.29, 0.717) is 6.61 Å². The second-order valence-corrected chi connectivity index (χ2v) is 29.6. The Morgan fingerprint density at radius 2 is 1.18 bits per heavy atom. The Labute approximate surface area is 176 Å². The number of aliphatic hydroxyl groups is 1. The van der Waals surface area contributed by atoms with Crippen LogP contribution in [0.15, 0.2) is 0 Å². The molecule has 0 radical (unpaired) electrons. The van der Waals surface area contributed by atoms with Gasteiger partial charge in [0.25, 0.3) is 0 Å². The van der Waals surface area contributed by atoms with E-state index in [2.05, 4.69) is 78.6 Å². The molecule has 0 bridgehead atoms. The summed E-state index contributed by atoms with van der Waals surface area (Å²) in [4.78, 5) is 0. The maximum atomic E-state index is 11.5. The van der Waals surface area contributed by atoms with Crippen molar-refractivity contribution < 1.29 is 27.5 Å². The van der Waals surface area contributed by atoms with Crippen LogP contribution >= 0.6 is 0 Å². The molecule has 1 N–H and O–H groups in total. The van der Waals surface area contributed by atoms with Crippen molar-refractivity contribution in [2.75, 3.05) is 13.2 Å². The molecule has 6 nitrogen and oxygen atoms in total. The van der Waals surface area contributed by atoms with Crippen molar-refractivity contribution in [3.8, 4) is 0 Å². The monoisotopic (exact) mass is 468 g/mol. The standard InChI is InChI=1S/C18H44O6Si4/c1-25(2,3)20-13-15-16(23-27(7,8)9)17(24-28(10,11)12)18(19,22-15)14-21-26(4,5)6/h15-17,19H,13-14H2,1-12H3/t15-,16-,17-,18-/m1/s1. The summed E-state index contributed by atoms with van der Waals surface area (Å²) < 4.78 is 31.4. The van der Waals surface area contributed by atoms with Gasteiger partial charge in [-0.2, -0.15) is 0 Å². The Bertz CT molecular complexity index is 506. The molecule has 1 rings (SSSR count). The summed E-state index contributed by atoms with van der Waals surface area (Å²) in [5, 5.41) is 11.5. The normalized spacial score (nSPS) is 30.1. The fraction of sp³-hybridized carbons (Fsp3) is 1.00. The lowest BCUT2D eigenvalue weighted by molar-refractivity contribution is -0.241. The molecular weight excluding hydrogens is 425 g/mol. The van der Waals surface area contributed by atoms with E-state index in [1.807, 2.05) is 0 Å². The summed E-state index contributed by atoms with van der Waals surface area (Å²) in [6.07, 6.45) is -1.34. The van der Waals surface area contributed by atoms with Crippen LogP contribution in [0.2, 0.25) is 78.6 Å². The fourth-order valence-corrected chi connectivity index (χ4v) is 6.31. The molecule has 1 aliphatic rings. The highest BCUT2D eigenvalue weighted by atomic mass is 28.4. The lowest BCUT2D eigenvalue weighted by atomic mass is 10.1. The first-order valence-corrected chi connectivity index (χ1v) is 23.9. The van der Waals surface area contributed by atoms with E-state index in [4.69, 9.17) is 22.4 Å². The summed E-state index contributed by atoms with van der Waals surface area (Å²) in [6, 6.07) is 0. The van der Waals surface area contributed by atoms with Gasteiger partial charge in [-0.3, -0.25) is 0 Å². The van der Waals surface area contributed by atoms with Gasteiger partial charge in [-0.1, -0.05) is 0 Å². The molecule has 4 atom stereocenters.